The Balaban J connectivity index is 0.00000121. The van der Waals surface area contributed by atoms with Crippen molar-refractivity contribution in [2.45, 2.75) is 36.9 Å². The third-order valence-corrected chi connectivity index (χ3v) is 2.38. The zero-order valence-corrected chi connectivity index (χ0v) is 8.85. The Morgan fingerprint density at radius 3 is 1.59 bits per heavy atom. The Labute approximate surface area is 91.7 Å². The summed E-state index contributed by atoms with van der Waals surface area (Å²) >= 11 is 0. The average Bonchev–Trinajstić information content (AvgIpc) is 2.38. The van der Waals surface area contributed by atoms with Crippen molar-refractivity contribution in [3.63, 3.8) is 0 Å². The molecule has 0 aliphatic carbocycles. The third-order valence-electron chi connectivity index (χ3n) is 2.38. The van der Waals surface area contributed by atoms with E-state index in [2.05, 4.69) is 4.74 Å². The van der Waals surface area contributed by atoms with E-state index < -0.39 is 36.7 Å². The summed E-state index contributed by atoms with van der Waals surface area (Å²) in [5.74, 6) is -9.58. The number of alkyl halides is 8. The summed E-state index contributed by atoms with van der Waals surface area (Å²) in [5.41, 5.74) is -4.67. The van der Waals surface area contributed by atoms with Crippen LogP contribution in [0.25, 0.3) is 0 Å². The van der Waals surface area contributed by atoms with Crippen LogP contribution in [-0.4, -0.2) is 37.4 Å². The molecule has 0 saturated carbocycles. The highest BCUT2D eigenvalue weighted by Crippen LogP contribution is 2.60. The van der Waals surface area contributed by atoms with Gasteiger partial charge in [0.1, 0.15) is 6.67 Å². The standard InChI is InChI=1S/C7H7F7O.CH3F/c1-2-5(10)4(9,3-8)6(11,12)7(13,14)15-5;1-2/h2-3H2,1H3;1H3. The second-order valence-electron chi connectivity index (χ2n) is 3.21. The number of hydrogen-bond donors (Lipinski definition) is 0. The fourth-order valence-corrected chi connectivity index (χ4v) is 1.35. The molecule has 1 aliphatic rings. The molecule has 1 nitrogen and oxygen atoms in total. The van der Waals surface area contributed by atoms with Gasteiger partial charge in [-0.3, -0.25) is 9.13 Å². The lowest BCUT2D eigenvalue weighted by Crippen LogP contribution is -2.57. The van der Waals surface area contributed by atoms with Crippen LogP contribution in [0, 0.1) is 0 Å². The van der Waals surface area contributed by atoms with Crippen molar-refractivity contribution in [2.24, 2.45) is 0 Å². The third kappa shape index (κ3) is 1.88. The van der Waals surface area contributed by atoms with Gasteiger partial charge in [-0.25, -0.2) is 13.2 Å². The molecule has 1 rings (SSSR count). The Kier molecular flexibility index (Phi) is 4.42. The summed E-state index contributed by atoms with van der Waals surface area (Å²) in [6, 6.07) is 0. The maximum Gasteiger partial charge on any atom is 0.425 e. The Bertz CT molecular complexity index is 270. The first-order valence-corrected chi connectivity index (χ1v) is 4.35. The molecule has 0 N–H and O–H groups in total. The molecule has 0 spiro atoms. The van der Waals surface area contributed by atoms with Gasteiger partial charge in [0.05, 0.1) is 7.18 Å². The predicted molar refractivity (Wildman–Crippen MR) is 42.0 cm³/mol. The number of hydrogen-bond acceptors (Lipinski definition) is 1. The lowest BCUT2D eigenvalue weighted by atomic mass is 9.91. The zero-order valence-electron chi connectivity index (χ0n) is 8.85. The molecular weight excluding hydrogens is 264 g/mol. The minimum absolute atomic E-state index is 0.500. The summed E-state index contributed by atoms with van der Waals surface area (Å²) in [6.07, 6.45) is -6.52. The molecule has 2 unspecified atom stereocenters. The fraction of sp³-hybridized carbons (Fsp3) is 1.00. The van der Waals surface area contributed by atoms with Gasteiger partial charge in [-0.2, -0.15) is 17.6 Å². The molecule has 1 fully saturated rings. The summed E-state index contributed by atoms with van der Waals surface area (Å²) in [5, 5.41) is 0. The molecule has 17 heavy (non-hydrogen) atoms. The summed E-state index contributed by atoms with van der Waals surface area (Å²) in [6.45, 7) is -1.80. The first-order valence-electron chi connectivity index (χ1n) is 4.35. The van der Waals surface area contributed by atoms with Crippen molar-refractivity contribution in [1.29, 1.82) is 0 Å². The normalized spacial score (nSPS) is 38.5. The molecule has 9 heteroatoms. The average molecular weight is 274 g/mol. The summed E-state index contributed by atoms with van der Waals surface area (Å²) in [7, 11) is 0.500. The number of halogens is 8. The number of rotatable bonds is 2. The van der Waals surface area contributed by atoms with Gasteiger partial charge >= 0.3 is 12.0 Å². The van der Waals surface area contributed by atoms with Crippen molar-refractivity contribution in [2.75, 3.05) is 13.9 Å². The van der Waals surface area contributed by atoms with Crippen molar-refractivity contribution in [3.8, 4) is 0 Å². The maximum absolute atomic E-state index is 13.3. The fourth-order valence-electron chi connectivity index (χ4n) is 1.35. The van der Waals surface area contributed by atoms with Crippen molar-refractivity contribution in [3.05, 3.63) is 0 Å². The Morgan fingerprint density at radius 2 is 1.35 bits per heavy atom. The van der Waals surface area contributed by atoms with Crippen LogP contribution in [0.3, 0.4) is 0 Å². The van der Waals surface area contributed by atoms with E-state index in [1.165, 1.54) is 0 Å². The van der Waals surface area contributed by atoms with E-state index in [9.17, 15) is 35.1 Å². The van der Waals surface area contributed by atoms with Crippen LogP contribution >= 0.6 is 0 Å². The van der Waals surface area contributed by atoms with Crippen LogP contribution in [0.4, 0.5) is 35.1 Å². The Morgan fingerprint density at radius 1 is 0.941 bits per heavy atom. The molecule has 1 heterocycles. The topological polar surface area (TPSA) is 9.23 Å². The molecule has 0 radical (unpaired) electrons. The van der Waals surface area contributed by atoms with Crippen LogP contribution < -0.4 is 0 Å². The van der Waals surface area contributed by atoms with Gasteiger partial charge in [0.25, 0.3) is 11.5 Å². The van der Waals surface area contributed by atoms with Crippen molar-refractivity contribution < 1.29 is 39.9 Å². The molecule has 0 aromatic carbocycles. The van der Waals surface area contributed by atoms with Crippen LogP contribution in [0.5, 0.6) is 0 Å². The Hall–Kier alpha value is -0.600. The molecule has 2 atom stereocenters. The smallest absolute Gasteiger partial charge is 0.274 e. The first-order chi connectivity index (χ1) is 7.58. The van der Waals surface area contributed by atoms with E-state index in [-0.39, 0.29) is 0 Å². The van der Waals surface area contributed by atoms with E-state index in [0.29, 0.717) is 7.18 Å². The summed E-state index contributed by atoms with van der Waals surface area (Å²) in [4.78, 5) is 0. The summed E-state index contributed by atoms with van der Waals surface area (Å²) < 4.78 is 102. The maximum atomic E-state index is 13.3. The zero-order chi connectivity index (χ0) is 14.1. The molecule has 0 bridgehead atoms. The highest BCUT2D eigenvalue weighted by molar-refractivity contribution is 5.13. The van der Waals surface area contributed by atoms with E-state index in [0.717, 1.165) is 6.92 Å². The second-order valence-corrected chi connectivity index (χ2v) is 3.21. The molecule has 1 saturated heterocycles. The highest BCUT2D eigenvalue weighted by Gasteiger charge is 2.87. The molecule has 0 amide bonds. The predicted octanol–water partition coefficient (Wildman–Crippen LogP) is 3.58. The van der Waals surface area contributed by atoms with Gasteiger partial charge in [-0.1, -0.05) is 6.92 Å². The van der Waals surface area contributed by atoms with Gasteiger partial charge in [-0.15, -0.1) is 0 Å². The molecule has 0 aromatic heterocycles. The van der Waals surface area contributed by atoms with Crippen LogP contribution in [0.15, 0.2) is 0 Å². The van der Waals surface area contributed by atoms with Crippen LogP contribution in [0.1, 0.15) is 13.3 Å². The van der Waals surface area contributed by atoms with E-state index >= 15 is 0 Å². The molecular formula is C8H10F8O. The van der Waals surface area contributed by atoms with E-state index in [1.807, 2.05) is 0 Å². The highest BCUT2D eigenvalue weighted by atomic mass is 19.3. The lowest BCUT2D eigenvalue weighted by molar-refractivity contribution is -0.337. The van der Waals surface area contributed by atoms with E-state index in [1.54, 1.807) is 0 Å². The largest absolute Gasteiger partial charge is 0.425 e. The van der Waals surface area contributed by atoms with Gasteiger partial charge in [0.15, 0.2) is 0 Å². The van der Waals surface area contributed by atoms with Crippen LogP contribution in [-0.2, 0) is 4.74 Å². The quantitative estimate of drug-likeness (QED) is 0.699. The SMILES string of the molecule is CCC1(F)OC(F)(F)C(F)(F)C1(F)CF.CF. The minimum atomic E-state index is -5.54. The van der Waals surface area contributed by atoms with Gasteiger partial charge < -0.3 is 0 Å². The van der Waals surface area contributed by atoms with Crippen molar-refractivity contribution >= 4 is 0 Å². The number of ether oxygens (including phenoxy) is 1. The second kappa shape index (κ2) is 4.58. The monoisotopic (exact) mass is 274 g/mol. The van der Waals surface area contributed by atoms with Crippen LogP contribution in [0.2, 0.25) is 0 Å². The minimum Gasteiger partial charge on any atom is -0.274 e. The first kappa shape index (κ1) is 16.4. The van der Waals surface area contributed by atoms with Gasteiger partial charge in [-0.05, 0) is 0 Å². The van der Waals surface area contributed by atoms with Gasteiger partial charge in [0.2, 0.25) is 0 Å². The van der Waals surface area contributed by atoms with E-state index in [4.69, 9.17) is 0 Å². The molecule has 104 valence electrons. The van der Waals surface area contributed by atoms with Gasteiger partial charge in [0, 0.05) is 6.42 Å². The molecule has 1 aliphatic heterocycles. The van der Waals surface area contributed by atoms with Crippen molar-refractivity contribution in [1.82, 2.24) is 0 Å². The molecule has 0 aromatic rings. The lowest BCUT2D eigenvalue weighted by Gasteiger charge is -2.29.